The molecule has 4 rings (SSSR count). The maximum Gasteiger partial charge on any atom is 0.303 e. The highest BCUT2D eigenvalue weighted by molar-refractivity contribution is 7.86. The number of imidazole rings is 1. The number of aryl methyl sites for hydroxylation is 1. The second-order valence-electron chi connectivity index (χ2n) is 8.00. The summed E-state index contributed by atoms with van der Waals surface area (Å²) in [5, 5.41) is 0. The Bertz CT molecular complexity index is 1370. The number of carbonyl (C=O) groups is 2. The SMILES string of the molecule is COc1ncnc2nc([C@@H]3O[C@H](COC(C)=O)[C@H](OS(=O)(=O)c4ccc(C)cc4)[C@H]3OC(C)=O)[nH]c12. The quantitative estimate of drug-likeness (QED) is 0.335. The summed E-state index contributed by atoms with van der Waals surface area (Å²) >= 11 is 0. The van der Waals surface area contributed by atoms with Crippen molar-refractivity contribution >= 4 is 33.2 Å². The Hall–Kier alpha value is -3.62. The first kappa shape index (κ1) is 25.5. The van der Waals surface area contributed by atoms with E-state index in [1.807, 2.05) is 6.92 Å². The number of aromatic nitrogens is 4. The van der Waals surface area contributed by atoms with E-state index in [1.54, 1.807) is 12.1 Å². The number of esters is 2. The molecule has 14 heteroatoms. The third kappa shape index (κ3) is 5.29. The highest BCUT2D eigenvalue weighted by atomic mass is 32.2. The van der Waals surface area contributed by atoms with Crippen molar-refractivity contribution in [2.45, 2.75) is 50.1 Å². The van der Waals surface area contributed by atoms with E-state index in [1.165, 1.54) is 32.5 Å². The molecule has 1 N–H and O–H groups in total. The molecule has 0 bridgehead atoms. The van der Waals surface area contributed by atoms with Gasteiger partial charge in [-0.3, -0.25) is 13.8 Å². The lowest BCUT2D eigenvalue weighted by Crippen LogP contribution is -2.40. The van der Waals surface area contributed by atoms with E-state index in [-0.39, 0.29) is 28.9 Å². The van der Waals surface area contributed by atoms with Gasteiger partial charge in [0.25, 0.3) is 10.1 Å². The van der Waals surface area contributed by atoms with Gasteiger partial charge in [-0.25, -0.2) is 9.97 Å². The number of rotatable bonds is 8. The average molecular weight is 521 g/mol. The van der Waals surface area contributed by atoms with Crippen LogP contribution in [0, 0.1) is 6.92 Å². The van der Waals surface area contributed by atoms with Gasteiger partial charge in [0, 0.05) is 13.8 Å². The number of benzene rings is 1. The molecule has 1 fully saturated rings. The van der Waals surface area contributed by atoms with E-state index in [9.17, 15) is 18.0 Å². The van der Waals surface area contributed by atoms with Crippen molar-refractivity contribution in [1.82, 2.24) is 19.9 Å². The molecule has 4 atom stereocenters. The molecule has 13 nitrogen and oxygen atoms in total. The zero-order chi connectivity index (χ0) is 26.0. The van der Waals surface area contributed by atoms with Crippen LogP contribution in [0.4, 0.5) is 0 Å². The van der Waals surface area contributed by atoms with Crippen LogP contribution in [0.2, 0.25) is 0 Å². The molecular formula is C22H24N4O9S. The average Bonchev–Trinajstić information content (AvgIpc) is 3.39. The van der Waals surface area contributed by atoms with Gasteiger partial charge < -0.3 is 23.9 Å². The predicted molar refractivity (Wildman–Crippen MR) is 121 cm³/mol. The molecule has 0 aliphatic carbocycles. The van der Waals surface area contributed by atoms with Crippen molar-refractivity contribution in [1.29, 1.82) is 0 Å². The lowest BCUT2D eigenvalue weighted by atomic mass is 10.1. The standard InChI is InChI=1S/C22H24N4O9S/c1-11-5-7-14(8-6-11)36(29,30)35-17-15(9-32-12(2)27)34-19(18(17)33-13(3)28)21-25-16-20(26-21)23-10-24-22(16)31-4/h5-8,10,15,17-19H,9H2,1-4H3,(H,23,24,25,26)/t15-,17+,18-,19-/m1/s1. The molecule has 3 aromatic rings. The molecule has 2 aromatic heterocycles. The van der Waals surface area contributed by atoms with Crippen molar-refractivity contribution in [3.8, 4) is 5.88 Å². The number of hydrogen-bond acceptors (Lipinski definition) is 12. The maximum atomic E-state index is 13.1. The number of methoxy groups -OCH3 is 1. The highest BCUT2D eigenvalue weighted by Crippen LogP contribution is 2.39. The highest BCUT2D eigenvalue weighted by Gasteiger charge is 2.52. The first-order valence-corrected chi connectivity index (χ1v) is 12.2. The molecule has 0 saturated carbocycles. The number of carbonyl (C=O) groups excluding carboxylic acids is 2. The number of nitrogens with one attached hydrogen (secondary N) is 1. The summed E-state index contributed by atoms with van der Waals surface area (Å²) in [6.07, 6.45) is -3.63. The Balaban J connectivity index is 1.74. The van der Waals surface area contributed by atoms with Gasteiger partial charge in [-0.1, -0.05) is 17.7 Å². The van der Waals surface area contributed by atoms with Crippen LogP contribution in [0.5, 0.6) is 5.88 Å². The van der Waals surface area contributed by atoms with E-state index in [2.05, 4.69) is 19.9 Å². The molecule has 36 heavy (non-hydrogen) atoms. The van der Waals surface area contributed by atoms with Crippen molar-refractivity contribution < 1.29 is 41.1 Å². The lowest BCUT2D eigenvalue weighted by Gasteiger charge is -2.23. The van der Waals surface area contributed by atoms with Crippen LogP contribution in [0.1, 0.15) is 31.3 Å². The minimum absolute atomic E-state index is 0.104. The summed E-state index contributed by atoms with van der Waals surface area (Å²) in [5.74, 6) is -0.958. The monoisotopic (exact) mass is 520 g/mol. The van der Waals surface area contributed by atoms with Crippen LogP contribution < -0.4 is 4.74 Å². The smallest absolute Gasteiger partial charge is 0.303 e. The van der Waals surface area contributed by atoms with Gasteiger partial charge in [0.05, 0.1) is 12.0 Å². The molecule has 0 spiro atoms. The van der Waals surface area contributed by atoms with Crippen LogP contribution in [0.25, 0.3) is 11.2 Å². The first-order chi connectivity index (χ1) is 17.1. The van der Waals surface area contributed by atoms with Crippen molar-refractivity contribution in [3.05, 3.63) is 42.0 Å². The number of fused-ring (bicyclic) bond motifs is 1. The van der Waals surface area contributed by atoms with Crippen molar-refractivity contribution in [3.63, 3.8) is 0 Å². The van der Waals surface area contributed by atoms with Gasteiger partial charge in [-0.2, -0.15) is 13.4 Å². The van der Waals surface area contributed by atoms with Gasteiger partial charge in [0.1, 0.15) is 36.5 Å². The number of ether oxygens (including phenoxy) is 4. The molecular weight excluding hydrogens is 496 g/mol. The molecule has 192 valence electrons. The van der Waals surface area contributed by atoms with Crippen LogP contribution in [-0.4, -0.2) is 72.3 Å². The second-order valence-corrected chi connectivity index (χ2v) is 9.58. The van der Waals surface area contributed by atoms with Gasteiger partial charge in [-0.15, -0.1) is 0 Å². The molecule has 1 aliphatic rings. The number of nitrogens with zero attached hydrogens (tertiary/aromatic N) is 3. The van der Waals surface area contributed by atoms with Crippen LogP contribution in [-0.2, 0) is 38.1 Å². The third-order valence-electron chi connectivity index (χ3n) is 5.35. The summed E-state index contributed by atoms with van der Waals surface area (Å²) < 4.78 is 53.5. The Kier molecular flexibility index (Phi) is 7.19. The Morgan fingerprint density at radius 3 is 2.44 bits per heavy atom. The fraction of sp³-hybridized carbons (Fsp3) is 0.409. The van der Waals surface area contributed by atoms with Gasteiger partial charge in [-0.05, 0) is 19.1 Å². The zero-order valence-corrected chi connectivity index (χ0v) is 20.6. The fourth-order valence-corrected chi connectivity index (χ4v) is 4.85. The number of aromatic amines is 1. The van der Waals surface area contributed by atoms with Crippen molar-refractivity contribution in [2.24, 2.45) is 0 Å². The predicted octanol–water partition coefficient (Wildman–Crippen LogP) is 1.38. The first-order valence-electron chi connectivity index (χ1n) is 10.8. The third-order valence-corrected chi connectivity index (χ3v) is 6.67. The zero-order valence-electron chi connectivity index (χ0n) is 19.8. The summed E-state index contributed by atoms with van der Waals surface area (Å²) in [6.45, 7) is 3.81. The minimum Gasteiger partial charge on any atom is -0.479 e. The summed E-state index contributed by atoms with van der Waals surface area (Å²) in [6, 6.07) is 6.02. The van der Waals surface area contributed by atoms with Gasteiger partial charge >= 0.3 is 11.9 Å². The van der Waals surface area contributed by atoms with Crippen molar-refractivity contribution in [2.75, 3.05) is 13.7 Å². The molecule has 1 saturated heterocycles. The fourth-order valence-electron chi connectivity index (χ4n) is 3.74. The largest absolute Gasteiger partial charge is 0.479 e. The van der Waals surface area contributed by atoms with Gasteiger partial charge in [0.2, 0.25) is 5.88 Å². The topological polar surface area (TPSA) is 169 Å². The molecule has 1 aliphatic heterocycles. The molecule has 1 aromatic carbocycles. The van der Waals surface area contributed by atoms with Gasteiger partial charge in [0.15, 0.2) is 17.9 Å². The summed E-state index contributed by atoms with van der Waals surface area (Å²) in [4.78, 5) is 38.8. The number of H-pyrrole nitrogens is 1. The normalized spacial score (nSPS) is 21.9. The second kappa shape index (κ2) is 10.2. The molecule has 0 radical (unpaired) electrons. The Morgan fingerprint density at radius 2 is 1.81 bits per heavy atom. The Morgan fingerprint density at radius 1 is 1.08 bits per heavy atom. The summed E-state index contributed by atoms with van der Waals surface area (Å²) in [7, 11) is -2.90. The molecule has 0 unspecified atom stereocenters. The number of hydrogen-bond donors (Lipinski definition) is 1. The van der Waals surface area contributed by atoms with E-state index in [0.29, 0.717) is 5.52 Å². The molecule has 3 heterocycles. The molecule has 0 amide bonds. The van der Waals surface area contributed by atoms with E-state index < -0.39 is 46.5 Å². The van der Waals surface area contributed by atoms with E-state index in [0.717, 1.165) is 12.5 Å². The summed E-state index contributed by atoms with van der Waals surface area (Å²) in [5.41, 5.74) is 1.45. The van der Waals surface area contributed by atoms with E-state index in [4.69, 9.17) is 23.1 Å². The minimum atomic E-state index is -4.33. The maximum absolute atomic E-state index is 13.1. The van der Waals surface area contributed by atoms with Crippen LogP contribution in [0.3, 0.4) is 0 Å². The van der Waals surface area contributed by atoms with Crippen LogP contribution in [0.15, 0.2) is 35.5 Å². The van der Waals surface area contributed by atoms with E-state index >= 15 is 0 Å². The lowest BCUT2D eigenvalue weighted by molar-refractivity contribution is -0.152. The van der Waals surface area contributed by atoms with Crippen LogP contribution >= 0.6 is 0 Å². The Labute approximate surface area is 206 Å².